The van der Waals surface area contributed by atoms with E-state index >= 15 is 0 Å². The van der Waals surface area contributed by atoms with Crippen LogP contribution in [0.2, 0.25) is 0 Å². The summed E-state index contributed by atoms with van der Waals surface area (Å²) in [5, 5.41) is 3.20. The largest absolute Gasteiger partial charge is 0.488 e. The zero-order chi connectivity index (χ0) is 18.4. The molecule has 2 aromatic carbocycles. The van der Waals surface area contributed by atoms with Crippen molar-refractivity contribution in [1.29, 1.82) is 0 Å². The molecule has 25 heavy (non-hydrogen) atoms. The third-order valence-electron chi connectivity index (χ3n) is 4.40. The van der Waals surface area contributed by atoms with Crippen molar-refractivity contribution < 1.29 is 9.47 Å². The highest BCUT2D eigenvalue weighted by Crippen LogP contribution is 2.28. The molecule has 2 aromatic rings. The molecule has 2 rings (SSSR count). The highest BCUT2D eigenvalue weighted by Gasteiger charge is 2.12. The summed E-state index contributed by atoms with van der Waals surface area (Å²) in [6, 6.07) is 10.4. The molecule has 4 heteroatoms. The second-order valence-electron chi connectivity index (χ2n) is 6.07. The predicted molar refractivity (Wildman–Crippen MR) is 108 cm³/mol. The first-order valence-corrected chi connectivity index (χ1v) is 9.14. The number of aryl methyl sites for hydroxylation is 4. The maximum atomic E-state index is 6.16. The Kier molecular flexibility index (Phi) is 6.82. The van der Waals surface area contributed by atoms with Gasteiger partial charge in [-0.2, -0.15) is 0 Å². The normalized spacial score (nSPS) is 10.4. The van der Waals surface area contributed by atoms with Crippen LogP contribution in [0.3, 0.4) is 0 Å². The van der Waals surface area contributed by atoms with E-state index in [1.807, 2.05) is 12.1 Å². The summed E-state index contributed by atoms with van der Waals surface area (Å²) in [4.78, 5) is 0. The van der Waals surface area contributed by atoms with E-state index in [-0.39, 0.29) is 0 Å². The van der Waals surface area contributed by atoms with Crippen molar-refractivity contribution in [2.24, 2.45) is 0 Å². The second-order valence-corrected chi connectivity index (χ2v) is 6.44. The van der Waals surface area contributed by atoms with E-state index in [4.69, 9.17) is 21.7 Å². The molecule has 0 atom stereocenters. The van der Waals surface area contributed by atoms with E-state index in [0.29, 0.717) is 11.8 Å². The van der Waals surface area contributed by atoms with Crippen molar-refractivity contribution in [2.75, 3.05) is 7.05 Å². The van der Waals surface area contributed by atoms with E-state index in [2.05, 4.69) is 51.2 Å². The van der Waals surface area contributed by atoms with Gasteiger partial charge < -0.3 is 14.8 Å². The van der Waals surface area contributed by atoms with Crippen LogP contribution in [0, 0.1) is 13.8 Å². The first-order chi connectivity index (χ1) is 12.0. The zero-order valence-corrected chi connectivity index (χ0v) is 16.5. The Morgan fingerprint density at radius 1 is 1.00 bits per heavy atom. The Bertz CT molecular complexity index is 756. The number of nitrogens with one attached hydrogen (secondary N) is 1. The Labute approximate surface area is 156 Å². The van der Waals surface area contributed by atoms with Gasteiger partial charge in [0.05, 0.1) is 0 Å². The number of thiocarbonyl (C=S) groups is 1. The van der Waals surface area contributed by atoms with Crippen LogP contribution in [-0.4, -0.2) is 12.2 Å². The smallest absolute Gasteiger partial charge is 0.261 e. The van der Waals surface area contributed by atoms with Crippen molar-refractivity contribution >= 4 is 17.4 Å². The van der Waals surface area contributed by atoms with Crippen LogP contribution in [0.5, 0.6) is 11.5 Å². The van der Waals surface area contributed by atoms with Gasteiger partial charge in [0, 0.05) is 12.6 Å². The van der Waals surface area contributed by atoms with Gasteiger partial charge in [0.1, 0.15) is 18.1 Å². The molecule has 0 radical (unpaired) electrons. The Morgan fingerprint density at radius 3 is 2.36 bits per heavy atom. The van der Waals surface area contributed by atoms with Crippen LogP contribution in [0.1, 0.15) is 41.7 Å². The molecule has 0 bridgehead atoms. The topological polar surface area (TPSA) is 30.5 Å². The highest BCUT2D eigenvalue weighted by atomic mass is 32.1. The minimum Gasteiger partial charge on any atom is -0.488 e. The van der Waals surface area contributed by atoms with Gasteiger partial charge >= 0.3 is 0 Å². The molecule has 0 aromatic heterocycles. The van der Waals surface area contributed by atoms with Crippen LogP contribution in [-0.2, 0) is 19.4 Å². The van der Waals surface area contributed by atoms with Gasteiger partial charge in [-0.1, -0.05) is 32.0 Å². The van der Waals surface area contributed by atoms with Crippen molar-refractivity contribution in [1.82, 2.24) is 5.32 Å². The van der Waals surface area contributed by atoms with Crippen LogP contribution < -0.4 is 14.8 Å². The van der Waals surface area contributed by atoms with E-state index in [9.17, 15) is 0 Å². The molecule has 1 N–H and O–H groups in total. The number of rotatable bonds is 6. The van der Waals surface area contributed by atoms with Crippen LogP contribution >= 0.6 is 12.2 Å². The number of hydrogen-bond donors (Lipinski definition) is 1. The number of benzene rings is 2. The van der Waals surface area contributed by atoms with Crippen LogP contribution in [0.25, 0.3) is 0 Å². The third kappa shape index (κ3) is 4.73. The lowest BCUT2D eigenvalue weighted by atomic mass is 10.0. The van der Waals surface area contributed by atoms with Gasteiger partial charge in [-0.15, -0.1) is 0 Å². The number of hydrogen-bond acceptors (Lipinski definition) is 3. The highest BCUT2D eigenvalue weighted by molar-refractivity contribution is 7.80. The van der Waals surface area contributed by atoms with Gasteiger partial charge in [0.15, 0.2) is 0 Å². The lowest BCUT2D eigenvalue weighted by Crippen LogP contribution is -2.22. The molecular formula is C21H27NO2S. The van der Waals surface area contributed by atoms with Gasteiger partial charge in [-0.25, -0.2) is 0 Å². The Balaban J connectivity index is 2.28. The maximum Gasteiger partial charge on any atom is 0.261 e. The molecule has 0 saturated carbocycles. The fourth-order valence-electron chi connectivity index (χ4n) is 2.89. The first-order valence-electron chi connectivity index (χ1n) is 8.73. The summed E-state index contributed by atoms with van der Waals surface area (Å²) in [7, 11) is 1.75. The summed E-state index contributed by atoms with van der Waals surface area (Å²) < 4.78 is 11.9. The molecule has 0 spiro atoms. The molecule has 134 valence electrons. The van der Waals surface area contributed by atoms with Gasteiger partial charge in [-0.05, 0) is 73.3 Å². The Hall–Kier alpha value is -2.07. The molecule has 0 aliphatic heterocycles. The van der Waals surface area contributed by atoms with Gasteiger partial charge in [-0.3, -0.25) is 0 Å². The first kappa shape index (κ1) is 19.3. The Morgan fingerprint density at radius 2 is 1.72 bits per heavy atom. The van der Waals surface area contributed by atoms with E-state index in [1.54, 1.807) is 7.05 Å². The van der Waals surface area contributed by atoms with E-state index in [0.717, 1.165) is 35.5 Å². The van der Waals surface area contributed by atoms with Crippen molar-refractivity contribution in [3.63, 3.8) is 0 Å². The maximum absolute atomic E-state index is 6.16. The molecule has 0 fully saturated rings. The minimum atomic E-state index is 0.355. The quantitative estimate of drug-likeness (QED) is 0.746. The fraction of sp³-hybridized carbons (Fsp3) is 0.381. The SMILES string of the molecule is CCc1cc(C)c(OCc2c(CC)cccc2OC(=S)NC)cc1C. The predicted octanol–water partition coefficient (Wildman–Crippen LogP) is 4.89. The molecule has 3 nitrogen and oxygen atoms in total. The van der Waals surface area contributed by atoms with Crippen molar-refractivity contribution in [3.05, 3.63) is 58.1 Å². The van der Waals surface area contributed by atoms with Crippen LogP contribution in [0.4, 0.5) is 0 Å². The molecule has 0 heterocycles. The zero-order valence-electron chi connectivity index (χ0n) is 15.7. The molecule has 0 saturated heterocycles. The van der Waals surface area contributed by atoms with E-state index < -0.39 is 0 Å². The molecular weight excluding hydrogens is 330 g/mol. The molecule has 0 unspecified atom stereocenters. The summed E-state index contributed by atoms with van der Waals surface area (Å²) in [6.07, 6.45) is 1.94. The molecule has 0 aliphatic rings. The summed E-state index contributed by atoms with van der Waals surface area (Å²) >= 11 is 5.15. The number of ether oxygens (including phenoxy) is 2. The molecule has 0 amide bonds. The summed E-state index contributed by atoms with van der Waals surface area (Å²) in [6.45, 7) is 8.98. The third-order valence-corrected chi connectivity index (χ3v) is 4.69. The standard InChI is InChI=1S/C21H27NO2S/c1-6-16-9-8-10-19(24-21(25)22-5)18(16)13-23-20-12-14(3)17(7-2)11-15(20)4/h8-12H,6-7,13H2,1-5H3,(H,22,25). The van der Waals surface area contributed by atoms with Crippen molar-refractivity contribution in [2.45, 2.75) is 47.1 Å². The average Bonchev–Trinajstić information content (AvgIpc) is 2.62. The lowest BCUT2D eigenvalue weighted by molar-refractivity contribution is 0.298. The van der Waals surface area contributed by atoms with E-state index in [1.165, 1.54) is 16.7 Å². The second kappa shape index (κ2) is 8.86. The van der Waals surface area contributed by atoms with Crippen molar-refractivity contribution in [3.8, 4) is 11.5 Å². The summed E-state index contributed by atoms with van der Waals surface area (Å²) in [5.74, 6) is 1.67. The van der Waals surface area contributed by atoms with Gasteiger partial charge in [0.2, 0.25) is 0 Å². The van der Waals surface area contributed by atoms with Crippen LogP contribution in [0.15, 0.2) is 30.3 Å². The average molecular weight is 358 g/mol. The van der Waals surface area contributed by atoms with Gasteiger partial charge in [0.25, 0.3) is 5.17 Å². The monoisotopic (exact) mass is 357 g/mol. The fourth-order valence-corrected chi connectivity index (χ4v) is 2.98. The minimum absolute atomic E-state index is 0.355. The summed E-state index contributed by atoms with van der Waals surface area (Å²) in [5.41, 5.74) is 6.03. The lowest BCUT2D eigenvalue weighted by Gasteiger charge is -2.17. The molecule has 0 aliphatic carbocycles.